The van der Waals surface area contributed by atoms with Crippen LogP contribution in [0.5, 0.6) is 5.75 Å². The predicted molar refractivity (Wildman–Crippen MR) is 103 cm³/mol. The number of ether oxygens (including phenoxy) is 2. The summed E-state index contributed by atoms with van der Waals surface area (Å²) in [6.45, 7) is -0.616. The van der Waals surface area contributed by atoms with Crippen molar-refractivity contribution in [3.05, 3.63) is 62.0 Å². The molecule has 2 rings (SSSR count). The minimum atomic E-state index is -0.778. The Bertz CT molecular complexity index is 892. The molecule has 0 saturated heterocycles. The van der Waals surface area contributed by atoms with E-state index in [1.165, 1.54) is 31.4 Å². The van der Waals surface area contributed by atoms with E-state index in [2.05, 4.69) is 26.8 Å². The summed E-state index contributed by atoms with van der Waals surface area (Å²) in [5.74, 6) is -1.89. The molecule has 0 atom stereocenters. The molecule has 0 aromatic heterocycles. The molecule has 0 bridgehead atoms. The number of carbonyl (C=O) groups excluding carboxylic acids is 3. The van der Waals surface area contributed by atoms with Gasteiger partial charge in [-0.05, 0) is 36.4 Å². The van der Waals surface area contributed by atoms with Crippen LogP contribution in [0.3, 0.4) is 0 Å². The summed E-state index contributed by atoms with van der Waals surface area (Å²) in [7, 11) is 1.39. The van der Waals surface area contributed by atoms with Crippen LogP contribution in [0.1, 0.15) is 20.7 Å². The van der Waals surface area contributed by atoms with Crippen LogP contribution in [0.25, 0.3) is 0 Å². The molecule has 2 amide bonds. The lowest BCUT2D eigenvalue weighted by Crippen LogP contribution is -2.43. The molecule has 2 N–H and O–H groups in total. The highest BCUT2D eigenvalue weighted by Crippen LogP contribution is 2.23. The van der Waals surface area contributed by atoms with Gasteiger partial charge in [0.25, 0.3) is 11.8 Å². The number of rotatable bonds is 5. The van der Waals surface area contributed by atoms with Crippen LogP contribution < -0.4 is 15.6 Å². The van der Waals surface area contributed by atoms with E-state index in [0.717, 1.165) is 0 Å². The van der Waals surface area contributed by atoms with Gasteiger partial charge >= 0.3 is 5.97 Å². The van der Waals surface area contributed by atoms with Crippen molar-refractivity contribution in [2.45, 2.75) is 0 Å². The van der Waals surface area contributed by atoms with Gasteiger partial charge in [-0.3, -0.25) is 20.4 Å². The average molecular weight is 476 g/mol. The third kappa shape index (κ3) is 5.85. The minimum absolute atomic E-state index is 0.103. The van der Waals surface area contributed by atoms with Crippen molar-refractivity contribution < 1.29 is 23.9 Å². The molecular weight excluding hydrogens is 463 g/mol. The first-order valence-electron chi connectivity index (χ1n) is 7.36. The number of amides is 2. The first-order chi connectivity index (χ1) is 12.8. The number of carbonyl (C=O) groups is 3. The van der Waals surface area contributed by atoms with Gasteiger partial charge in [-0.1, -0.05) is 39.1 Å². The fraction of sp³-hybridized carbons (Fsp3) is 0.118. The second-order valence-electron chi connectivity index (χ2n) is 5.05. The highest BCUT2D eigenvalue weighted by molar-refractivity contribution is 9.10. The third-order valence-electron chi connectivity index (χ3n) is 3.20. The van der Waals surface area contributed by atoms with Gasteiger partial charge in [0.15, 0.2) is 6.61 Å². The monoisotopic (exact) mass is 474 g/mol. The number of hydrogen-bond donors (Lipinski definition) is 2. The zero-order valence-electron chi connectivity index (χ0n) is 13.8. The standard InChI is InChI=1S/C17H13BrCl2N2O5/c1-26-14-5-3-10(19)7-12(14)16(24)22-21-15(23)8-27-17(25)11-6-9(18)2-4-13(11)20/h2-7H,8H2,1H3,(H,21,23)(H,22,24). The molecule has 0 fully saturated rings. The van der Waals surface area contributed by atoms with Gasteiger partial charge in [0.05, 0.1) is 23.3 Å². The molecule has 0 heterocycles. The fourth-order valence-electron chi connectivity index (χ4n) is 1.95. The van der Waals surface area contributed by atoms with Gasteiger partial charge in [0.1, 0.15) is 5.75 Å². The molecule has 0 aliphatic carbocycles. The lowest BCUT2D eigenvalue weighted by Gasteiger charge is -2.11. The molecular formula is C17H13BrCl2N2O5. The van der Waals surface area contributed by atoms with Crippen molar-refractivity contribution in [2.24, 2.45) is 0 Å². The molecule has 0 unspecified atom stereocenters. The van der Waals surface area contributed by atoms with E-state index in [0.29, 0.717) is 9.50 Å². The summed E-state index contributed by atoms with van der Waals surface area (Å²) in [5, 5.41) is 0.511. The lowest BCUT2D eigenvalue weighted by molar-refractivity contribution is -0.125. The van der Waals surface area contributed by atoms with Crippen LogP contribution in [-0.4, -0.2) is 31.5 Å². The lowest BCUT2D eigenvalue weighted by atomic mass is 10.2. The number of hydrazine groups is 1. The molecule has 0 aliphatic heterocycles. The second-order valence-corrected chi connectivity index (χ2v) is 6.81. The Kier molecular flexibility index (Phi) is 7.46. The van der Waals surface area contributed by atoms with Gasteiger partial charge in [0, 0.05) is 9.50 Å². The number of esters is 1. The summed E-state index contributed by atoms with van der Waals surface area (Å²) in [6.07, 6.45) is 0. The summed E-state index contributed by atoms with van der Waals surface area (Å²) in [4.78, 5) is 35.9. The summed E-state index contributed by atoms with van der Waals surface area (Å²) < 4.78 is 10.6. The maximum atomic E-state index is 12.1. The van der Waals surface area contributed by atoms with Crippen molar-refractivity contribution in [1.29, 1.82) is 0 Å². The fourth-order valence-corrected chi connectivity index (χ4v) is 2.68. The largest absolute Gasteiger partial charge is 0.496 e. The molecule has 0 saturated carbocycles. The molecule has 0 aliphatic rings. The highest BCUT2D eigenvalue weighted by atomic mass is 79.9. The summed E-state index contributed by atoms with van der Waals surface area (Å²) in [6, 6.07) is 9.10. The normalized spacial score (nSPS) is 10.1. The SMILES string of the molecule is COc1ccc(Cl)cc1C(=O)NNC(=O)COC(=O)c1cc(Br)ccc1Cl. The van der Waals surface area contributed by atoms with Crippen LogP contribution >= 0.6 is 39.1 Å². The summed E-state index contributed by atoms with van der Waals surface area (Å²) in [5.41, 5.74) is 4.54. The number of halogens is 3. The zero-order valence-corrected chi connectivity index (χ0v) is 16.9. The zero-order chi connectivity index (χ0) is 20.0. The van der Waals surface area contributed by atoms with E-state index >= 15 is 0 Å². The van der Waals surface area contributed by atoms with Gasteiger partial charge in [-0.15, -0.1) is 0 Å². The summed E-state index contributed by atoms with van der Waals surface area (Å²) >= 11 is 15.0. The number of nitrogens with one attached hydrogen (secondary N) is 2. The minimum Gasteiger partial charge on any atom is -0.496 e. The number of methoxy groups -OCH3 is 1. The van der Waals surface area contributed by atoms with Crippen LogP contribution in [-0.2, 0) is 9.53 Å². The van der Waals surface area contributed by atoms with Crippen LogP contribution in [0.2, 0.25) is 10.0 Å². The maximum Gasteiger partial charge on any atom is 0.340 e. The van der Waals surface area contributed by atoms with Gasteiger partial charge < -0.3 is 9.47 Å². The van der Waals surface area contributed by atoms with E-state index < -0.39 is 24.4 Å². The van der Waals surface area contributed by atoms with E-state index in [9.17, 15) is 14.4 Å². The van der Waals surface area contributed by atoms with Crippen LogP contribution in [0.4, 0.5) is 0 Å². The Labute approximate surface area is 173 Å². The first-order valence-corrected chi connectivity index (χ1v) is 8.91. The highest BCUT2D eigenvalue weighted by Gasteiger charge is 2.16. The van der Waals surface area contributed by atoms with Gasteiger partial charge in [0.2, 0.25) is 0 Å². The predicted octanol–water partition coefficient (Wildman–Crippen LogP) is 3.38. The smallest absolute Gasteiger partial charge is 0.340 e. The molecule has 10 heteroatoms. The maximum absolute atomic E-state index is 12.1. The Morgan fingerprint density at radius 1 is 1.04 bits per heavy atom. The Balaban J connectivity index is 1.89. The molecule has 2 aromatic rings. The van der Waals surface area contributed by atoms with Crippen molar-refractivity contribution in [3.8, 4) is 5.75 Å². The van der Waals surface area contributed by atoms with Crippen LogP contribution in [0.15, 0.2) is 40.9 Å². The van der Waals surface area contributed by atoms with Gasteiger partial charge in [-0.25, -0.2) is 4.79 Å². The van der Waals surface area contributed by atoms with Crippen molar-refractivity contribution >= 4 is 56.9 Å². The molecule has 0 spiro atoms. The van der Waals surface area contributed by atoms with Crippen molar-refractivity contribution in [2.75, 3.05) is 13.7 Å². The molecule has 2 aromatic carbocycles. The third-order valence-corrected chi connectivity index (χ3v) is 4.26. The first kappa shape index (κ1) is 21.0. The van der Waals surface area contributed by atoms with Crippen LogP contribution in [0, 0.1) is 0 Å². The van der Waals surface area contributed by atoms with E-state index in [1.54, 1.807) is 12.1 Å². The quantitative estimate of drug-likeness (QED) is 0.510. The molecule has 142 valence electrons. The molecule has 7 nitrogen and oxygen atoms in total. The topological polar surface area (TPSA) is 93.7 Å². The molecule has 0 radical (unpaired) electrons. The Morgan fingerprint density at radius 2 is 1.78 bits per heavy atom. The average Bonchev–Trinajstić information content (AvgIpc) is 2.65. The Morgan fingerprint density at radius 3 is 2.48 bits per heavy atom. The van der Waals surface area contributed by atoms with E-state index in [1.807, 2.05) is 0 Å². The van der Waals surface area contributed by atoms with E-state index in [-0.39, 0.29) is 21.9 Å². The number of benzene rings is 2. The number of hydrogen-bond acceptors (Lipinski definition) is 5. The Hall–Kier alpha value is -2.29. The van der Waals surface area contributed by atoms with Crippen molar-refractivity contribution in [1.82, 2.24) is 10.9 Å². The molecule has 27 heavy (non-hydrogen) atoms. The van der Waals surface area contributed by atoms with E-state index in [4.69, 9.17) is 32.7 Å². The second kappa shape index (κ2) is 9.59. The van der Waals surface area contributed by atoms with Gasteiger partial charge in [-0.2, -0.15) is 0 Å². The van der Waals surface area contributed by atoms with Crippen molar-refractivity contribution in [3.63, 3.8) is 0 Å².